The number of nitrogens with zero attached hydrogens (tertiary/aromatic N) is 1. The molecule has 0 bridgehead atoms. The van der Waals surface area contributed by atoms with Gasteiger partial charge in [-0.2, -0.15) is 0 Å². The molecule has 1 unspecified atom stereocenters. The van der Waals surface area contributed by atoms with E-state index in [0.717, 1.165) is 11.0 Å². The van der Waals surface area contributed by atoms with Crippen molar-refractivity contribution in [2.24, 2.45) is 0 Å². The Kier molecular flexibility index (Phi) is 3.12. The van der Waals surface area contributed by atoms with Crippen LogP contribution in [0.2, 0.25) is 0 Å². The van der Waals surface area contributed by atoms with Crippen LogP contribution in [0.3, 0.4) is 0 Å². The summed E-state index contributed by atoms with van der Waals surface area (Å²) < 4.78 is 3.52. The third-order valence-corrected chi connectivity index (χ3v) is 5.64. The summed E-state index contributed by atoms with van der Waals surface area (Å²) in [4.78, 5) is 1.45. The van der Waals surface area contributed by atoms with E-state index in [0.29, 0.717) is 5.25 Å². The van der Waals surface area contributed by atoms with Gasteiger partial charge in [0, 0.05) is 32.9 Å². The molecule has 0 saturated heterocycles. The lowest BCUT2D eigenvalue weighted by atomic mass is 10.1. The lowest BCUT2D eigenvalue weighted by Crippen LogP contribution is -2.11. The fourth-order valence-electron chi connectivity index (χ4n) is 2.89. The molecule has 3 aromatic rings. The molecule has 1 atom stereocenters. The van der Waals surface area contributed by atoms with Crippen LogP contribution in [0.5, 0.6) is 0 Å². The molecule has 0 fully saturated rings. The third kappa shape index (κ3) is 2.19. The minimum atomic E-state index is 0.641. The summed E-state index contributed by atoms with van der Waals surface area (Å²) >= 11 is 5.58. The van der Waals surface area contributed by atoms with Gasteiger partial charge in [-0.05, 0) is 41.6 Å². The van der Waals surface area contributed by atoms with Crippen LogP contribution in [-0.2, 0) is 13.0 Å². The summed E-state index contributed by atoms with van der Waals surface area (Å²) in [5, 5.41) is 1.95. The van der Waals surface area contributed by atoms with Gasteiger partial charge in [0.2, 0.25) is 0 Å². The highest BCUT2D eigenvalue weighted by Gasteiger charge is 2.22. The van der Waals surface area contributed by atoms with Crippen molar-refractivity contribution in [3.8, 4) is 0 Å². The average molecular weight is 344 g/mol. The number of benzene rings is 2. The van der Waals surface area contributed by atoms with Crippen molar-refractivity contribution in [3.63, 3.8) is 0 Å². The van der Waals surface area contributed by atoms with E-state index < -0.39 is 0 Å². The monoisotopic (exact) mass is 343 g/mol. The van der Waals surface area contributed by atoms with E-state index in [9.17, 15) is 0 Å². The van der Waals surface area contributed by atoms with E-state index in [2.05, 4.69) is 75.2 Å². The maximum atomic E-state index is 3.57. The predicted molar refractivity (Wildman–Crippen MR) is 89.4 cm³/mol. The summed E-state index contributed by atoms with van der Waals surface area (Å²) in [6, 6.07) is 17.5. The molecule has 100 valence electrons. The van der Waals surface area contributed by atoms with Crippen LogP contribution in [0, 0.1) is 0 Å². The van der Waals surface area contributed by atoms with E-state index in [1.54, 1.807) is 0 Å². The molecule has 0 aliphatic carbocycles. The van der Waals surface area contributed by atoms with Gasteiger partial charge in [-0.1, -0.05) is 40.2 Å². The van der Waals surface area contributed by atoms with Crippen molar-refractivity contribution in [1.82, 2.24) is 4.57 Å². The van der Waals surface area contributed by atoms with Gasteiger partial charge in [0.1, 0.15) is 0 Å². The van der Waals surface area contributed by atoms with Gasteiger partial charge in [0.15, 0.2) is 0 Å². The molecule has 1 aromatic heterocycles. The Hall–Kier alpha value is -1.19. The minimum absolute atomic E-state index is 0.641. The standard InChI is InChI=1S/C17H14BrNS/c18-14-6-5-12-7-8-19(16(12)10-14)11-15-9-13-3-1-2-4-17(13)20-15/h1-8,10,15H,9,11H2. The Morgan fingerprint density at radius 1 is 1.15 bits per heavy atom. The first-order valence-electron chi connectivity index (χ1n) is 6.78. The van der Waals surface area contributed by atoms with Crippen LogP contribution in [0.25, 0.3) is 10.9 Å². The highest BCUT2D eigenvalue weighted by Crippen LogP contribution is 2.38. The van der Waals surface area contributed by atoms with Gasteiger partial charge < -0.3 is 4.57 Å². The fourth-order valence-corrected chi connectivity index (χ4v) is 4.56. The zero-order valence-corrected chi connectivity index (χ0v) is 13.3. The van der Waals surface area contributed by atoms with Gasteiger partial charge in [0.05, 0.1) is 0 Å². The van der Waals surface area contributed by atoms with E-state index in [-0.39, 0.29) is 0 Å². The molecule has 20 heavy (non-hydrogen) atoms. The summed E-state index contributed by atoms with van der Waals surface area (Å²) in [6.07, 6.45) is 3.38. The van der Waals surface area contributed by atoms with Crippen molar-refractivity contribution in [2.75, 3.05) is 0 Å². The number of thioether (sulfide) groups is 1. The maximum Gasteiger partial charge on any atom is 0.0491 e. The Bertz CT molecular complexity index is 753. The molecular formula is C17H14BrNS. The Balaban J connectivity index is 1.62. The number of aromatic nitrogens is 1. The first-order chi connectivity index (χ1) is 9.79. The van der Waals surface area contributed by atoms with Crippen molar-refractivity contribution in [1.29, 1.82) is 0 Å². The highest BCUT2D eigenvalue weighted by atomic mass is 79.9. The van der Waals surface area contributed by atoms with Gasteiger partial charge in [-0.3, -0.25) is 0 Å². The molecule has 0 spiro atoms. The number of halogens is 1. The SMILES string of the molecule is Brc1ccc2ccn(CC3Cc4ccccc4S3)c2c1. The fraction of sp³-hybridized carbons (Fsp3) is 0.176. The van der Waals surface area contributed by atoms with Gasteiger partial charge in [-0.25, -0.2) is 0 Å². The molecule has 0 radical (unpaired) electrons. The number of hydrogen-bond acceptors (Lipinski definition) is 1. The molecule has 4 rings (SSSR count). The first kappa shape index (κ1) is 12.5. The molecule has 1 aliphatic heterocycles. The second-order valence-electron chi connectivity index (χ2n) is 5.22. The summed E-state index contributed by atoms with van der Waals surface area (Å²) in [5.41, 5.74) is 2.82. The Morgan fingerprint density at radius 3 is 2.95 bits per heavy atom. The van der Waals surface area contributed by atoms with Crippen molar-refractivity contribution in [3.05, 3.63) is 64.8 Å². The predicted octanol–water partition coefficient (Wildman–Crippen LogP) is 5.12. The Morgan fingerprint density at radius 2 is 2.05 bits per heavy atom. The van der Waals surface area contributed by atoms with Gasteiger partial charge in [0.25, 0.3) is 0 Å². The second-order valence-corrected chi connectivity index (χ2v) is 7.48. The quantitative estimate of drug-likeness (QED) is 0.625. The van der Waals surface area contributed by atoms with Crippen LogP contribution >= 0.6 is 27.7 Å². The summed E-state index contributed by atoms with van der Waals surface area (Å²) in [7, 11) is 0. The summed E-state index contributed by atoms with van der Waals surface area (Å²) in [6.45, 7) is 1.07. The second kappa shape index (κ2) is 4.97. The van der Waals surface area contributed by atoms with Crippen LogP contribution in [0.4, 0.5) is 0 Å². The lowest BCUT2D eigenvalue weighted by molar-refractivity contribution is 0.685. The molecular weight excluding hydrogens is 330 g/mol. The Labute approximate surface area is 131 Å². The molecule has 2 aromatic carbocycles. The molecule has 0 N–H and O–H groups in total. The first-order valence-corrected chi connectivity index (χ1v) is 8.46. The largest absolute Gasteiger partial charge is 0.346 e. The maximum absolute atomic E-state index is 3.57. The van der Waals surface area contributed by atoms with E-state index >= 15 is 0 Å². The van der Waals surface area contributed by atoms with Crippen molar-refractivity contribution in [2.45, 2.75) is 23.1 Å². The smallest absolute Gasteiger partial charge is 0.0491 e. The summed E-state index contributed by atoms with van der Waals surface area (Å²) in [5.74, 6) is 0. The molecule has 0 saturated carbocycles. The van der Waals surface area contributed by atoms with Crippen LogP contribution in [0.1, 0.15) is 5.56 Å². The molecule has 1 nitrogen and oxygen atoms in total. The molecule has 3 heteroatoms. The van der Waals surface area contributed by atoms with Crippen molar-refractivity contribution < 1.29 is 0 Å². The van der Waals surface area contributed by atoms with Gasteiger partial charge in [-0.15, -0.1) is 11.8 Å². The normalized spacial score (nSPS) is 17.6. The van der Waals surface area contributed by atoms with Crippen LogP contribution < -0.4 is 0 Å². The van der Waals surface area contributed by atoms with Crippen LogP contribution in [0.15, 0.2) is 64.1 Å². The topological polar surface area (TPSA) is 4.93 Å². The highest BCUT2D eigenvalue weighted by molar-refractivity contribution is 9.10. The molecule has 2 heterocycles. The van der Waals surface area contributed by atoms with Crippen LogP contribution in [-0.4, -0.2) is 9.82 Å². The molecule has 0 amide bonds. The zero-order chi connectivity index (χ0) is 13.5. The minimum Gasteiger partial charge on any atom is -0.346 e. The van der Waals surface area contributed by atoms with Gasteiger partial charge >= 0.3 is 0 Å². The van der Waals surface area contributed by atoms with E-state index in [4.69, 9.17) is 0 Å². The lowest BCUT2D eigenvalue weighted by Gasteiger charge is -2.11. The number of rotatable bonds is 2. The average Bonchev–Trinajstić information content (AvgIpc) is 3.03. The number of hydrogen-bond donors (Lipinski definition) is 0. The number of fused-ring (bicyclic) bond motifs is 2. The van der Waals surface area contributed by atoms with E-state index in [1.807, 2.05) is 11.8 Å². The van der Waals surface area contributed by atoms with E-state index in [1.165, 1.54) is 27.8 Å². The zero-order valence-electron chi connectivity index (χ0n) is 10.9. The van der Waals surface area contributed by atoms with Crippen molar-refractivity contribution >= 4 is 38.6 Å². The molecule has 1 aliphatic rings. The third-order valence-electron chi connectivity index (χ3n) is 3.85.